The van der Waals surface area contributed by atoms with E-state index in [0.29, 0.717) is 12.5 Å². The average molecular weight is 260 g/mol. The number of piperidine rings is 1. The van der Waals surface area contributed by atoms with Crippen LogP contribution in [0.15, 0.2) is 30.3 Å². The van der Waals surface area contributed by atoms with E-state index >= 15 is 0 Å². The maximum Gasteiger partial charge on any atom is 0.164 e. The Morgan fingerprint density at radius 2 is 2.11 bits per heavy atom. The number of nitrogens with zero attached hydrogens (tertiary/aromatic N) is 2. The van der Waals surface area contributed by atoms with Gasteiger partial charge in [0.05, 0.1) is 0 Å². The second-order valence-electron chi connectivity index (χ2n) is 5.58. The predicted octanol–water partition coefficient (Wildman–Crippen LogP) is 2.29. The highest BCUT2D eigenvalue weighted by atomic mass is 16.1. The molecule has 1 saturated heterocycles. The van der Waals surface area contributed by atoms with Gasteiger partial charge in [-0.15, -0.1) is 0 Å². The molecule has 1 heterocycles. The van der Waals surface area contributed by atoms with Crippen LogP contribution in [0.1, 0.15) is 29.6 Å². The quantitative estimate of drug-likeness (QED) is 0.759. The van der Waals surface area contributed by atoms with Crippen LogP contribution < -0.4 is 0 Å². The molecule has 19 heavy (non-hydrogen) atoms. The summed E-state index contributed by atoms with van der Waals surface area (Å²) in [7, 11) is 4.32. The van der Waals surface area contributed by atoms with E-state index in [1.807, 2.05) is 30.3 Å². The lowest BCUT2D eigenvalue weighted by Crippen LogP contribution is -2.45. The Morgan fingerprint density at radius 3 is 2.79 bits per heavy atom. The van der Waals surface area contributed by atoms with E-state index in [1.54, 1.807) is 0 Å². The van der Waals surface area contributed by atoms with Gasteiger partial charge in [0.2, 0.25) is 0 Å². The number of rotatable bonds is 5. The largest absolute Gasteiger partial charge is 0.305 e. The van der Waals surface area contributed by atoms with Gasteiger partial charge >= 0.3 is 0 Å². The Bertz CT molecular complexity index is 404. The first-order chi connectivity index (χ1) is 9.16. The van der Waals surface area contributed by atoms with Gasteiger partial charge < -0.3 is 9.80 Å². The number of Topliss-reactive ketones (excluding diaryl/α,β-unsaturated/α-hetero) is 1. The molecule has 0 saturated carbocycles. The highest BCUT2D eigenvalue weighted by Crippen LogP contribution is 2.14. The van der Waals surface area contributed by atoms with Crippen LogP contribution in [0.2, 0.25) is 0 Å². The van der Waals surface area contributed by atoms with E-state index in [4.69, 9.17) is 0 Å². The Kier molecular flexibility index (Phi) is 5.11. The van der Waals surface area contributed by atoms with Gasteiger partial charge in [-0.1, -0.05) is 30.3 Å². The maximum atomic E-state index is 12.1. The third-order valence-corrected chi connectivity index (χ3v) is 4.01. The minimum atomic E-state index is 0.247. The number of hydrogen-bond acceptors (Lipinski definition) is 3. The maximum absolute atomic E-state index is 12.1. The van der Waals surface area contributed by atoms with E-state index in [2.05, 4.69) is 23.9 Å². The van der Waals surface area contributed by atoms with Crippen molar-refractivity contribution in [1.82, 2.24) is 9.80 Å². The van der Waals surface area contributed by atoms with Crippen molar-refractivity contribution in [2.45, 2.75) is 25.3 Å². The molecule has 3 nitrogen and oxygen atoms in total. The minimum absolute atomic E-state index is 0.247. The summed E-state index contributed by atoms with van der Waals surface area (Å²) in [5.74, 6) is 0.247. The molecule has 0 spiro atoms. The van der Waals surface area contributed by atoms with Crippen molar-refractivity contribution in [2.75, 3.05) is 33.7 Å². The zero-order chi connectivity index (χ0) is 13.7. The standard InChI is InChI=1S/C16H24N2O/c1-17-11-6-9-15(13-17)18(2)12-10-16(19)14-7-4-3-5-8-14/h3-5,7-8,15H,6,9-13H2,1-2H3. The van der Waals surface area contributed by atoms with Crippen molar-refractivity contribution in [3.8, 4) is 0 Å². The molecule has 0 amide bonds. The fourth-order valence-corrected chi connectivity index (χ4v) is 2.73. The van der Waals surface area contributed by atoms with Crippen molar-refractivity contribution in [1.29, 1.82) is 0 Å². The Balaban J connectivity index is 1.80. The lowest BCUT2D eigenvalue weighted by Gasteiger charge is -2.35. The zero-order valence-corrected chi connectivity index (χ0v) is 12.0. The van der Waals surface area contributed by atoms with Crippen LogP contribution >= 0.6 is 0 Å². The van der Waals surface area contributed by atoms with Gasteiger partial charge in [0.15, 0.2) is 5.78 Å². The molecule has 1 aromatic carbocycles. The normalized spacial score (nSPS) is 20.7. The first-order valence-electron chi connectivity index (χ1n) is 7.14. The minimum Gasteiger partial charge on any atom is -0.305 e. The smallest absolute Gasteiger partial charge is 0.164 e. The molecule has 1 aliphatic heterocycles. The van der Waals surface area contributed by atoms with Crippen molar-refractivity contribution in [3.05, 3.63) is 35.9 Å². The number of likely N-dealkylation sites (tertiary alicyclic amines) is 1. The van der Waals surface area contributed by atoms with Crippen LogP contribution in [0.3, 0.4) is 0 Å². The van der Waals surface area contributed by atoms with Crippen LogP contribution in [0.25, 0.3) is 0 Å². The van der Waals surface area contributed by atoms with Crippen molar-refractivity contribution in [2.24, 2.45) is 0 Å². The summed E-state index contributed by atoms with van der Waals surface area (Å²) in [5, 5.41) is 0. The third-order valence-electron chi connectivity index (χ3n) is 4.01. The van der Waals surface area contributed by atoms with Crippen LogP contribution in [-0.2, 0) is 0 Å². The monoisotopic (exact) mass is 260 g/mol. The number of ketones is 1. The summed E-state index contributed by atoms with van der Waals surface area (Å²) in [6, 6.07) is 10.2. The number of carbonyl (C=O) groups excluding carboxylic acids is 1. The molecule has 2 rings (SSSR count). The van der Waals surface area contributed by atoms with E-state index in [1.165, 1.54) is 19.4 Å². The molecule has 1 fully saturated rings. The van der Waals surface area contributed by atoms with Crippen molar-refractivity contribution in [3.63, 3.8) is 0 Å². The lowest BCUT2D eigenvalue weighted by molar-refractivity contribution is 0.0931. The van der Waals surface area contributed by atoms with E-state index < -0.39 is 0 Å². The molecule has 1 atom stereocenters. The van der Waals surface area contributed by atoms with Gasteiger partial charge in [-0.25, -0.2) is 0 Å². The molecule has 104 valence electrons. The van der Waals surface area contributed by atoms with E-state index in [-0.39, 0.29) is 5.78 Å². The molecule has 3 heteroatoms. The van der Waals surface area contributed by atoms with Gasteiger partial charge in [-0.05, 0) is 33.5 Å². The number of carbonyl (C=O) groups is 1. The SMILES string of the molecule is CN1CCCC(N(C)CCC(=O)c2ccccc2)C1. The second kappa shape index (κ2) is 6.83. The molecule has 0 bridgehead atoms. The fraction of sp³-hybridized carbons (Fsp3) is 0.562. The summed E-state index contributed by atoms with van der Waals surface area (Å²) < 4.78 is 0. The van der Waals surface area contributed by atoms with Crippen molar-refractivity contribution < 1.29 is 4.79 Å². The summed E-state index contributed by atoms with van der Waals surface area (Å²) in [6.07, 6.45) is 3.12. The molecule has 0 radical (unpaired) electrons. The number of benzene rings is 1. The zero-order valence-electron chi connectivity index (χ0n) is 12.0. The van der Waals surface area contributed by atoms with Gasteiger partial charge in [-0.2, -0.15) is 0 Å². The Labute approximate surface area is 116 Å². The summed E-state index contributed by atoms with van der Waals surface area (Å²) in [5.41, 5.74) is 0.830. The van der Waals surface area contributed by atoms with Crippen LogP contribution in [0.5, 0.6) is 0 Å². The molecule has 1 aromatic rings. The van der Waals surface area contributed by atoms with Crippen LogP contribution in [-0.4, -0.2) is 55.4 Å². The highest BCUT2D eigenvalue weighted by molar-refractivity contribution is 5.96. The third kappa shape index (κ3) is 4.15. The van der Waals surface area contributed by atoms with Crippen LogP contribution in [0, 0.1) is 0 Å². The van der Waals surface area contributed by atoms with E-state index in [9.17, 15) is 4.79 Å². The summed E-state index contributed by atoms with van der Waals surface area (Å²) in [4.78, 5) is 16.8. The summed E-state index contributed by atoms with van der Waals surface area (Å²) >= 11 is 0. The van der Waals surface area contributed by atoms with Crippen molar-refractivity contribution >= 4 is 5.78 Å². The summed E-state index contributed by atoms with van der Waals surface area (Å²) in [6.45, 7) is 3.18. The van der Waals surface area contributed by atoms with Gasteiger partial charge in [0.1, 0.15) is 0 Å². The second-order valence-corrected chi connectivity index (χ2v) is 5.58. The molecule has 0 aromatic heterocycles. The first kappa shape index (κ1) is 14.2. The molecule has 1 aliphatic rings. The Morgan fingerprint density at radius 1 is 1.37 bits per heavy atom. The molecule has 0 N–H and O–H groups in total. The number of hydrogen-bond donors (Lipinski definition) is 0. The van der Waals surface area contributed by atoms with Gasteiger partial charge in [-0.3, -0.25) is 4.79 Å². The molecule has 1 unspecified atom stereocenters. The first-order valence-corrected chi connectivity index (χ1v) is 7.14. The number of likely N-dealkylation sites (N-methyl/N-ethyl adjacent to an activating group) is 2. The highest BCUT2D eigenvalue weighted by Gasteiger charge is 2.21. The lowest BCUT2D eigenvalue weighted by atomic mass is 10.0. The topological polar surface area (TPSA) is 23.6 Å². The van der Waals surface area contributed by atoms with Crippen LogP contribution in [0.4, 0.5) is 0 Å². The molecule has 0 aliphatic carbocycles. The predicted molar refractivity (Wildman–Crippen MR) is 78.5 cm³/mol. The Hall–Kier alpha value is -1.19. The average Bonchev–Trinajstić information content (AvgIpc) is 2.45. The van der Waals surface area contributed by atoms with E-state index in [0.717, 1.165) is 18.7 Å². The van der Waals surface area contributed by atoms with Gasteiger partial charge in [0.25, 0.3) is 0 Å². The fourth-order valence-electron chi connectivity index (χ4n) is 2.73. The van der Waals surface area contributed by atoms with Gasteiger partial charge in [0, 0.05) is 31.1 Å². The molecular formula is C16H24N2O. The molecular weight excluding hydrogens is 236 g/mol.